The summed E-state index contributed by atoms with van der Waals surface area (Å²) >= 11 is 6.12. The number of esters is 1. The predicted molar refractivity (Wildman–Crippen MR) is 83.3 cm³/mol. The third-order valence-corrected chi connectivity index (χ3v) is 3.17. The summed E-state index contributed by atoms with van der Waals surface area (Å²) in [6.07, 6.45) is 2.02. The van der Waals surface area contributed by atoms with Crippen molar-refractivity contribution in [3.63, 3.8) is 0 Å². The Kier molecular flexibility index (Phi) is 5.64. The zero-order valence-electron chi connectivity index (χ0n) is 11.8. The van der Waals surface area contributed by atoms with Crippen LogP contribution in [0.15, 0.2) is 48.5 Å². The Morgan fingerprint density at radius 2 is 1.90 bits per heavy atom. The molecule has 110 valence electrons. The van der Waals surface area contributed by atoms with E-state index in [4.69, 9.17) is 21.1 Å². The minimum Gasteiger partial charge on any atom is -0.492 e. The smallest absolute Gasteiger partial charge is 0.343 e. The van der Waals surface area contributed by atoms with Crippen molar-refractivity contribution in [3.8, 4) is 11.5 Å². The Balaban J connectivity index is 2.03. The van der Waals surface area contributed by atoms with Gasteiger partial charge in [-0.05, 0) is 36.8 Å². The molecule has 0 saturated heterocycles. The molecule has 2 rings (SSSR count). The largest absolute Gasteiger partial charge is 0.492 e. The fourth-order valence-corrected chi connectivity index (χ4v) is 1.96. The van der Waals surface area contributed by atoms with Crippen molar-refractivity contribution < 1.29 is 14.3 Å². The molecule has 0 saturated carbocycles. The van der Waals surface area contributed by atoms with Gasteiger partial charge in [-0.3, -0.25) is 0 Å². The Bertz CT molecular complexity index is 596. The standard InChI is InChI=1S/C17H17ClO3/c1-2-3-11-20-16-10-9-13(12-15(16)18)17(19)21-14-7-5-4-6-8-14/h4-10,12H,2-3,11H2,1H3. The summed E-state index contributed by atoms with van der Waals surface area (Å²) in [5.74, 6) is 0.645. The van der Waals surface area contributed by atoms with Gasteiger partial charge in [0, 0.05) is 0 Å². The van der Waals surface area contributed by atoms with Crippen molar-refractivity contribution in [2.24, 2.45) is 0 Å². The molecule has 2 aromatic rings. The first-order valence-electron chi connectivity index (χ1n) is 6.90. The molecule has 4 heteroatoms. The number of carbonyl (C=O) groups excluding carboxylic acids is 1. The Labute approximate surface area is 129 Å². The molecule has 21 heavy (non-hydrogen) atoms. The van der Waals surface area contributed by atoms with E-state index in [2.05, 4.69) is 6.92 Å². The lowest BCUT2D eigenvalue weighted by Crippen LogP contribution is -2.08. The summed E-state index contributed by atoms with van der Waals surface area (Å²) in [7, 11) is 0. The second-order valence-corrected chi connectivity index (χ2v) is 4.96. The van der Waals surface area contributed by atoms with Crippen LogP contribution in [-0.4, -0.2) is 12.6 Å². The number of para-hydroxylation sites is 1. The summed E-state index contributed by atoms with van der Waals surface area (Å²) in [6, 6.07) is 13.8. The average molecular weight is 305 g/mol. The summed E-state index contributed by atoms with van der Waals surface area (Å²) in [5.41, 5.74) is 0.395. The molecule has 0 amide bonds. The van der Waals surface area contributed by atoms with E-state index in [-0.39, 0.29) is 0 Å². The molecular formula is C17H17ClO3. The maximum atomic E-state index is 12.0. The molecule has 0 N–H and O–H groups in total. The third-order valence-electron chi connectivity index (χ3n) is 2.88. The van der Waals surface area contributed by atoms with Gasteiger partial charge < -0.3 is 9.47 Å². The van der Waals surface area contributed by atoms with Gasteiger partial charge in [0.15, 0.2) is 0 Å². The number of benzene rings is 2. The van der Waals surface area contributed by atoms with E-state index in [0.717, 1.165) is 12.8 Å². The van der Waals surface area contributed by atoms with E-state index in [1.807, 2.05) is 6.07 Å². The van der Waals surface area contributed by atoms with Crippen LogP contribution in [0.5, 0.6) is 11.5 Å². The van der Waals surface area contributed by atoms with Crippen LogP contribution in [0.3, 0.4) is 0 Å². The number of hydrogen-bond donors (Lipinski definition) is 0. The monoisotopic (exact) mass is 304 g/mol. The first kappa shape index (κ1) is 15.4. The van der Waals surface area contributed by atoms with Gasteiger partial charge >= 0.3 is 5.97 Å². The molecule has 0 radical (unpaired) electrons. The Morgan fingerprint density at radius 3 is 2.57 bits per heavy atom. The Morgan fingerprint density at radius 1 is 1.14 bits per heavy atom. The molecule has 0 atom stereocenters. The molecule has 0 aliphatic carbocycles. The lowest BCUT2D eigenvalue weighted by atomic mass is 10.2. The van der Waals surface area contributed by atoms with Gasteiger partial charge in [-0.1, -0.05) is 43.1 Å². The highest BCUT2D eigenvalue weighted by Gasteiger charge is 2.11. The second kappa shape index (κ2) is 7.70. The normalized spacial score (nSPS) is 10.2. The molecule has 0 aliphatic rings. The van der Waals surface area contributed by atoms with Gasteiger partial charge in [0.25, 0.3) is 0 Å². The number of unbranched alkanes of at least 4 members (excludes halogenated alkanes) is 1. The van der Waals surface area contributed by atoms with Crippen LogP contribution < -0.4 is 9.47 Å². The summed E-state index contributed by atoms with van der Waals surface area (Å²) in [6.45, 7) is 2.71. The third kappa shape index (κ3) is 4.50. The molecule has 0 fully saturated rings. The Hall–Kier alpha value is -2.00. The molecule has 0 heterocycles. The predicted octanol–water partition coefficient (Wildman–Crippen LogP) is 4.74. The van der Waals surface area contributed by atoms with Gasteiger partial charge in [-0.15, -0.1) is 0 Å². The van der Waals surface area contributed by atoms with Gasteiger partial charge in [-0.2, -0.15) is 0 Å². The molecule has 0 unspecified atom stereocenters. The van der Waals surface area contributed by atoms with Crippen LogP contribution in [0.2, 0.25) is 5.02 Å². The summed E-state index contributed by atoms with van der Waals surface area (Å²) in [5, 5.41) is 0.411. The van der Waals surface area contributed by atoms with Crippen LogP contribution in [0.4, 0.5) is 0 Å². The first-order valence-corrected chi connectivity index (χ1v) is 7.28. The summed E-state index contributed by atoms with van der Waals surface area (Å²) in [4.78, 5) is 12.0. The van der Waals surface area contributed by atoms with Crippen molar-refractivity contribution in [1.29, 1.82) is 0 Å². The van der Waals surface area contributed by atoms with Crippen molar-refractivity contribution in [3.05, 3.63) is 59.1 Å². The molecule has 0 aromatic heterocycles. The summed E-state index contributed by atoms with van der Waals surface area (Å²) < 4.78 is 10.8. The van der Waals surface area contributed by atoms with E-state index in [9.17, 15) is 4.79 Å². The van der Waals surface area contributed by atoms with E-state index in [1.54, 1.807) is 42.5 Å². The number of halogens is 1. The van der Waals surface area contributed by atoms with Gasteiger partial charge in [0.05, 0.1) is 17.2 Å². The highest BCUT2D eigenvalue weighted by Crippen LogP contribution is 2.26. The quantitative estimate of drug-likeness (QED) is 0.439. The van der Waals surface area contributed by atoms with Gasteiger partial charge in [-0.25, -0.2) is 4.79 Å². The first-order chi connectivity index (χ1) is 10.2. The fourth-order valence-electron chi connectivity index (χ4n) is 1.73. The van der Waals surface area contributed by atoms with Crippen molar-refractivity contribution >= 4 is 17.6 Å². The molecule has 3 nitrogen and oxygen atoms in total. The zero-order valence-corrected chi connectivity index (χ0v) is 12.6. The van der Waals surface area contributed by atoms with E-state index < -0.39 is 5.97 Å². The molecule has 0 spiro atoms. The zero-order chi connectivity index (χ0) is 15.1. The minimum absolute atomic E-state index is 0.395. The topological polar surface area (TPSA) is 35.5 Å². The van der Waals surface area contributed by atoms with Crippen molar-refractivity contribution in [2.45, 2.75) is 19.8 Å². The van der Waals surface area contributed by atoms with Crippen LogP contribution >= 0.6 is 11.6 Å². The number of rotatable bonds is 6. The lowest BCUT2D eigenvalue weighted by Gasteiger charge is -2.09. The van der Waals surface area contributed by atoms with E-state index in [0.29, 0.717) is 28.7 Å². The minimum atomic E-state index is -0.441. The maximum absolute atomic E-state index is 12.0. The van der Waals surface area contributed by atoms with E-state index >= 15 is 0 Å². The maximum Gasteiger partial charge on any atom is 0.343 e. The SMILES string of the molecule is CCCCOc1ccc(C(=O)Oc2ccccc2)cc1Cl. The van der Waals surface area contributed by atoms with Crippen LogP contribution in [-0.2, 0) is 0 Å². The van der Waals surface area contributed by atoms with Crippen LogP contribution in [0.25, 0.3) is 0 Å². The average Bonchev–Trinajstić information content (AvgIpc) is 2.50. The van der Waals surface area contributed by atoms with Crippen molar-refractivity contribution in [1.82, 2.24) is 0 Å². The highest BCUT2D eigenvalue weighted by molar-refractivity contribution is 6.32. The highest BCUT2D eigenvalue weighted by atomic mass is 35.5. The molecule has 0 bridgehead atoms. The van der Waals surface area contributed by atoms with Gasteiger partial charge in [0.1, 0.15) is 11.5 Å². The number of carbonyl (C=O) groups is 1. The number of hydrogen-bond acceptors (Lipinski definition) is 3. The fraction of sp³-hybridized carbons (Fsp3) is 0.235. The van der Waals surface area contributed by atoms with E-state index in [1.165, 1.54) is 0 Å². The van der Waals surface area contributed by atoms with Gasteiger partial charge in [0.2, 0.25) is 0 Å². The van der Waals surface area contributed by atoms with Crippen LogP contribution in [0.1, 0.15) is 30.1 Å². The molecular weight excluding hydrogens is 288 g/mol. The number of ether oxygens (including phenoxy) is 2. The molecule has 2 aromatic carbocycles. The van der Waals surface area contributed by atoms with Crippen molar-refractivity contribution in [2.75, 3.05) is 6.61 Å². The second-order valence-electron chi connectivity index (χ2n) is 4.55. The molecule has 0 aliphatic heterocycles. The van der Waals surface area contributed by atoms with Crippen LogP contribution in [0, 0.1) is 0 Å². The lowest BCUT2D eigenvalue weighted by molar-refractivity contribution is 0.0734.